The topological polar surface area (TPSA) is 26.3 Å². The van der Waals surface area contributed by atoms with E-state index in [-0.39, 0.29) is 11.2 Å². The van der Waals surface area contributed by atoms with Crippen LogP contribution in [0.2, 0.25) is 0 Å². The lowest BCUT2D eigenvalue weighted by atomic mass is 9.79. The maximum Gasteiger partial charge on any atom is 0.129 e. The second-order valence-corrected chi connectivity index (χ2v) is 5.93. The van der Waals surface area contributed by atoms with Gasteiger partial charge >= 0.3 is 0 Å². The summed E-state index contributed by atoms with van der Waals surface area (Å²) in [5.41, 5.74) is 0.113. The first-order valence-electron chi connectivity index (χ1n) is 4.94. The number of ether oxygens (including phenoxy) is 1. The zero-order valence-electron chi connectivity index (χ0n) is 8.59. The van der Waals surface area contributed by atoms with Crippen LogP contribution >= 0.6 is 27.3 Å². The molecule has 1 fully saturated rings. The Morgan fingerprint density at radius 1 is 1.67 bits per heavy atom. The molecule has 1 aliphatic rings. The Morgan fingerprint density at radius 3 is 2.80 bits per heavy atom. The molecule has 0 N–H and O–H groups in total. The molecule has 4 heteroatoms. The highest BCUT2D eigenvalue weighted by atomic mass is 79.9. The van der Waals surface area contributed by atoms with Gasteiger partial charge in [-0.05, 0) is 35.3 Å². The molecule has 0 aliphatic carbocycles. The fourth-order valence-corrected chi connectivity index (χ4v) is 3.40. The SMILES string of the molecule is CC(=O)CCC1(c2cc(Br)cs2)COC1. The van der Waals surface area contributed by atoms with Crippen LogP contribution in [0.15, 0.2) is 15.9 Å². The molecule has 0 unspecified atom stereocenters. The van der Waals surface area contributed by atoms with E-state index in [1.54, 1.807) is 18.3 Å². The summed E-state index contributed by atoms with van der Waals surface area (Å²) >= 11 is 5.21. The van der Waals surface area contributed by atoms with Gasteiger partial charge < -0.3 is 9.53 Å². The van der Waals surface area contributed by atoms with E-state index in [2.05, 4.69) is 27.4 Å². The Labute approximate surface area is 102 Å². The van der Waals surface area contributed by atoms with E-state index in [0.717, 1.165) is 24.1 Å². The van der Waals surface area contributed by atoms with E-state index in [0.29, 0.717) is 6.42 Å². The minimum Gasteiger partial charge on any atom is -0.379 e. The molecule has 82 valence electrons. The molecule has 0 amide bonds. The Morgan fingerprint density at radius 2 is 2.40 bits per heavy atom. The highest BCUT2D eigenvalue weighted by Crippen LogP contribution is 2.41. The number of ketones is 1. The number of rotatable bonds is 4. The first kappa shape index (κ1) is 11.3. The lowest BCUT2D eigenvalue weighted by Gasteiger charge is -2.40. The number of carbonyl (C=O) groups is 1. The van der Waals surface area contributed by atoms with Gasteiger partial charge in [-0.1, -0.05) is 0 Å². The van der Waals surface area contributed by atoms with Crippen molar-refractivity contribution in [2.45, 2.75) is 25.2 Å². The Kier molecular flexibility index (Phi) is 3.28. The molecular weight excluding hydrogens is 276 g/mol. The summed E-state index contributed by atoms with van der Waals surface area (Å²) in [6, 6.07) is 2.15. The summed E-state index contributed by atoms with van der Waals surface area (Å²) in [6.45, 7) is 3.16. The van der Waals surface area contributed by atoms with Gasteiger partial charge in [0.05, 0.1) is 18.6 Å². The molecule has 0 saturated carbocycles. The summed E-state index contributed by atoms with van der Waals surface area (Å²) in [7, 11) is 0. The molecule has 0 aromatic carbocycles. The molecule has 1 aliphatic heterocycles. The van der Waals surface area contributed by atoms with Gasteiger partial charge in [0, 0.05) is 21.2 Å². The Balaban J connectivity index is 2.11. The van der Waals surface area contributed by atoms with Crippen LogP contribution in [0.25, 0.3) is 0 Å². The summed E-state index contributed by atoms with van der Waals surface area (Å²) in [5, 5.41) is 2.09. The zero-order chi connectivity index (χ0) is 10.9. The molecule has 0 radical (unpaired) electrons. The van der Waals surface area contributed by atoms with Crippen molar-refractivity contribution in [3.63, 3.8) is 0 Å². The van der Waals surface area contributed by atoms with E-state index in [4.69, 9.17) is 4.74 Å². The van der Waals surface area contributed by atoms with Gasteiger partial charge in [0.25, 0.3) is 0 Å². The molecule has 2 heterocycles. The fraction of sp³-hybridized carbons (Fsp3) is 0.545. The number of hydrogen-bond acceptors (Lipinski definition) is 3. The number of carbonyl (C=O) groups excluding carboxylic acids is 1. The second kappa shape index (κ2) is 4.36. The van der Waals surface area contributed by atoms with Crippen molar-refractivity contribution >= 4 is 33.0 Å². The first-order chi connectivity index (χ1) is 7.12. The Bertz CT molecular complexity index is 368. The van der Waals surface area contributed by atoms with Crippen LogP contribution in [0.5, 0.6) is 0 Å². The van der Waals surface area contributed by atoms with E-state index in [1.807, 2.05) is 0 Å². The van der Waals surface area contributed by atoms with E-state index < -0.39 is 0 Å². The third-order valence-corrected chi connectivity index (χ3v) is 4.74. The number of thiophene rings is 1. The minimum absolute atomic E-state index is 0.113. The summed E-state index contributed by atoms with van der Waals surface area (Å²) in [4.78, 5) is 12.4. The van der Waals surface area contributed by atoms with Crippen molar-refractivity contribution in [3.05, 3.63) is 20.8 Å². The first-order valence-corrected chi connectivity index (χ1v) is 6.61. The van der Waals surface area contributed by atoms with Crippen molar-refractivity contribution in [1.82, 2.24) is 0 Å². The molecule has 0 bridgehead atoms. The Hall–Kier alpha value is -0.190. The van der Waals surface area contributed by atoms with Gasteiger partial charge in [0.15, 0.2) is 0 Å². The predicted molar refractivity (Wildman–Crippen MR) is 64.4 cm³/mol. The van der Waals surface area contributed by atoms with Crippen molar-refractivity contribution in [1.29, 1.82) is 0 Å². The maximum atomic E-state index is 11.0. The van der Waals surface area contributed by atoms with Gasteiger partial charge in [-0.2, -0.15) is 0 Å². The molecular formula is C11H13BrO2S. The number of halogens is 1. The van der Waals surface area contributed by atoms with Crippen LogP contribution in [-0.2, 0) is 14.9 Å². The quantitative estimate of drug-likeness (QED) is 0.851. The number of hydrogen-bond donors (Lipinski definition) is 0. The van der Waals surface area contributed by atoms with Gasteiger partial charge in [-0.3, -0.25) is 0 Å². The van der Waals surface area contributed by atoms with Crippen LogP contribution in [0.4, 0.5) is 0 Å². The third-order valence-electron chi connectivity index (χ3n) is 2.80. The smallest absolute Gasteiger partial charge is 0.129 e. The standard InChI is InChI=1S/C11H13BrO2S/c1-8(13)2-3-11(6-14-7-11)10-4-9(12)5-15-10/h4-5H,2-3,6-7H2,1H3. The molecule has 1 aromatic rings. The van der Waals surface area contributed by atoms with Crippen LogP contribution in [-0.4, -0.2) is 19.0 Å². The average molecular weight is 289 g/mol. The van der Waals surface area contributed by atoms with Crippen LogP contribution in [0, 0.1) is 0 Å². The molecule has 1 saturated heterocycles. The molecule has 0 spiro atoms. The predicted octanol–water partition coefficient (Wildman–Crippen LogP) is 3.15. The normalized spacial score (nSPS) is 18.5. The summed E-state index contributed by atoms with van der Waals surface area (Å²) < 4.78 is 6.44. The van der Waals surface area contributed by atoms with E-state index in [1.165, 1.54) is 4.88 Å². The van der Waals surface area contributed by atoms with Crippen molar-refractivity contribution in [2.75, 3.05) is 13.2 Å². The zero-order valence-corrected chi connectivity index (χ0v) is 11.0. The van der Waals surface area contributed by atoms with Crippen molar-refractivity contribution < 1.29 is 9.53 Å². The highest BCUT2D eigenvalue weighted by molar-refractivity contribution is 9.10. The molecule has 0 atom stereocenters. The summed E-state index contributed by atoms with van der Waals surface area (Å²) in [5.74, 6) is 0.261. The lowest BCUT2D eigenvalue weighted by molar-refractivity contribution is -0.119. The molecule has 2 rings (SSSR count). The van der Waals surface area contributed by atoms with E-state index >= 15 is 0 Å². The van der Waals surface area contributed by atoms with Crippen molar-refractivity contribution in [3.8, 4) is 0 Å². The van der Waals surface area contributed by atoms with Crippen molar-refractivity contribution in [2.24, 2.45) is 0 Å². The largest absolute Gasteiger partial charge is 0.379 e. The van der Waals surface area contributed by atoms with Crippen LogP contribution < -0.4 is 0 Å². The molecule has 2 nitrogen and oxygen atoms in total. The highest BCUT2D eigenvalue weighted by Gasteiger charge is 2.41. The summed E-state index contributed by atoms with van der Waals surface area (Å²) in [6.07, 6.45) is 1.56. The van der Waals surface area contributed by atoms with E-state index in [9.17, 15) is 4.79 Å². The van der Waals surface area contributed by atoms with Crippen LogP contribution in [0.3, 0.4) is 0 Å². The van der Waals surface area contributed by atoms with Gasteiger partial charge in [-0.25, -0.2) is 0 Å². The fourth-order valence-electron chi connectivity index (χ4n) is 1.76. The maximum absolute atomic E-state index is 11.0. The van der Waals surface area contributed by atoms with Gasteiger partial charge in [0.2, 0.25) is 0 Å². The molecule has 1 aromatic heterocycles. The lowest BCUT2D eigenvalue weighted by Crippen LogP contribution is -2.46. The third kappa shape index (κ3) is 2.32. The second-order valence-electron chi connectivity index (χ2n) is 4.10. The van der Waals surface area contributed by atoms with Gasteiger partial charge in [-0.15, -0.1) is 11.3 Å². The number of Topliss-reactive ketones (excluding diaryl/α,β-unsaturated/α-hetero) is 1. The minimum atomic E-state index is 0.113. The van der Waals surface area contributed by atoms with Gasteiger partial charge in [0.1, 0.15) is 5.78 Å². The molecule has 15 heavy (non-hydrogen) atoms. The van der Waals surface area contributed by atoms with Crippen LogP contribution in [0.1, 0.15) is 24.6 Å². The average Bonchev–Trinajstić information content (AvgIpc) is 2.50. The monoisotopic (exact) mass is 288 g/mol.